The molecule has 0 fully saturated rings. The lowest BCUT2D eigenvalue weighted by molar-refractivity contribution is 1.42. The summed E-state index contributed by atoms with van der Waals surface area (Å²) in [6, 6.07) is 0. The van der Waals surface area contributed by atoms with E-state index in [0.717, 1.165) is 0 Å². The Labute approximate surface area is 85.7 Å². The van der Waals surface area contributed by atoms with Crippen LogP contribution in [-0.2, 0) is 0 Å². The average Bonchev–Trinajstić information content (AvgIpc) is 1.50. The molecule has 0 aliphatic rings. The van der Waals surface area contributed by atoms with Crippen LogP contribution in [0.25, 0.3) is 0 Å². The van der Waals surface area contributed by atoms with Crippen molar-refractivity contribution in [3.63, 3.8) is 0 Å². The second-order valence-electron chi connectivity index (χ2n) is 4.70. The number of rotatable bonds is 0. The van der Waals surface area contributed by atoms with Crippen LogP contribution >= 0.6 is 6.89 Å². The monoisotopic (exact) mass is 202 g/mol. The van der Waals surface area contributed by atoms with Gasteiger partial charge in [-0.1, -0.05) is 11.1 Å². The minimum Gasteiger partial charge on any atom is -0.121 e. The molecule has 0 saturated heterocycles. The Morgan fingerprint density at radius 2 is 0.769 bits per heavy atom. The first-order chi connectivity index (χ1) is 5.46. The zero-order valence-corrected chi connectivity index (χ0v) is 11.5. The van der Waals surface area contributed by atoms with Gasteiger partial charge in [-0.15, -0.1) is 26.3 Å². The quantitative estimate of drug-likeness (QED) is 0.401. The van der Waals surface area contributed by atoms with Crippen molar-refractivity contribution >= 4 is 13.2 Å². The Morgan fingerprint density at radius 1 is 0.769 bits per heavy atom. The van der Waals surface area contributed by atoms with E-state index in [1.165, 1.54) is 11.1 Å². The molecule has 13 heavy (non-hydrogen) atoms. The van der Waals surface area contributed by atoms with Gasteiger partial charge >= 0.3 is 0 Å². The molecule has 0 rings (SSSR count). The first-order valence-corrected chi connectivity index (χ1v) is 7.68. The Morgan fingerprint density at radius 3 is 0.769 bits per heavy atom. The van der Waals surface area contributed by atoms with Crippen molar-refractivity contribution in [3.05, 3.63) is 24.3 Å². The summed E-state index contributed by atoms with van der Waals surface area (Å²) in [5.41, 5.74) is 2.33. The molecule has 0 aromatic carbocycles. The Balaban J connectivity index is -0.000000117. The van der Waals surface area contributed by atoms with Crippen molar-refractivity contribution in [3.8, 4) is 0 Å². The van der Waals surface area contributed by atoms with Crippen LogP contribution in [-0.4, -0.2) is 26.3 Å². The maximum atomic E-state index is 3.88. The predicted octanol–water partition coefficient (Wildman–Crippen LogP) is 4.49. The number of hydrogen-bond donors (Lipinski definition) is 0. The molecule has 80 valence electrons. The third-order valence-corrected chi connectivity index (χ3v) is 0. The zero-order valence-electron chi connectivity index (χ0n) is 10.6. The van der Waals surface area contributed by atoms with Crippen LogP contribution in [0.2, 0.25) is 0 Å². The summed E-state index contributed by atoms with van der Waals surface area (Å²) in [5.74, 6) is 0. The molecule has 0 aromatic heterocycles. The van der Waals surface area contributed by atoms with Gasteiger partial charge < -0.3 is 0 Å². The summed E-state index contributed by atoms with van der Waals surface area (Å²) < 4.78 is 0. The van der Waals surface area contributed by atoms with Crippen LogP contribution < -0.4 is 0 Å². The second-order valence-corrected chi connectivity index (χ2v) is 9.29. The molecule has 0 amide bonds. The zero-order chi connectivity index (χ0) is 11.7. The van der Waals surface area contributed by atoms with E-state index in [9.17, 15) is 0 Å². The van der Waals surface area contributed by atoms with E-state index in [4.69, 9.17) is 0 Å². The van der Waals surface area contributed by atoms with Crippen molar-refractivity contribution < 1.29 is 0 Å². The maximum Gasteiger partial charge on any atom is -0.0445 e. The van der Waals surface area contributed by atoms with Crippen LogP contribution in [0.4, 0.5) is 0 Å². The van der Waals surface area contributed by atoms with Crippen molar-refractivity contribution in [2.45, 2.75) is 27.7 Å². The molecule has 0 unspecified atom stereocenters. The molecule has 0 nitrogen and oxygen atoms in total. The highest BCUT2D eigenvalue weighted by atomic mass is 31.2. The van der Waals surface area contributed by atoms with Gasteiger partial charge in [0.15, 0.2) is 0 Å². The SMILES string of the molecule is C=C(C)C.C=C(C)C.C=P(C)(C)C. The summed E-state index contributed by atoms with van der Waals surface area (Å²) in [4.78, 5) is 0. The van der Waals surface area contributed by atoms with Crippen molar-refractivity contribution in [1.82, 2.24) is 0 Å². The van der Waals surface area contributed by atoms with Crippen LogP contribution in [0.15, 0.2) is 24.3 Å². The minimum absolute atomic E-state index is 0.639. The average molecular weight is 202 g/mol. The van der Waals surface area contributed by atoms with E-state index in [-0.39, 0.29) is 0 Å². The van der Waals surface area contributed by atoms with Gasteiger partial charge in [-0.2, -0.15) is 0 Å². The summed E-state index contributed by atoms with van der Waals surface area (Å²) >= 11 is 0. The molecule has 0 aliphatic carbocycles. The predicted molar refractivity (Wildman–Crippen MR) is 72.8 cm³/mol. The highest BCUT2D eigenvalue weighted by molar-refractivity contribution is 7.71. The van der Waals surface area contributed by atoms with Crippen LogP contribution in [0, 0.1) is 0 Å². The molecule has 0 saturated carbocycles. The lowest BCUT2D eigenvalue weighted by Gasteiger charge is -1.96. The lowest BCUT2D eigenvalue weighted by atomic mass is 10.4. The third kappa shape index (κ3) is 23300. The summed E-state index contributed by atoms with van der Waals surface area (Å²) in [6.07, 6.45) is 3.88. The smallest absolute Gasteiger partial charge is 0.0445 e. The molecular weight excluding hydrogens is 175 g/mol. The van der Waals surface area contributed by atoms with E-state index in [2.05, 4.69) is 39.5 Å². The van der Waals surface area contributed by atoms with Crippen molar-refractivity contribution in [2.24, 2.45) is 0 Å². The summed E-state index contributed by atoms with van der Waals surface area (Å²) in [5, 5.41) is 0. The van der Waals surface area contributed by atoms with Gasteiger partial charge in [-0.05, 0) is 47.7 Å². The summed E-state index contributed by atoms with van der Waals surface area (Å²) in [7, 11) is 0. The minimum atomic E-state index is -0.639. The molecule has 0 N–H and O–H groups in total. The van der Waals surface area contributed by atoms with Gasteiger partial charge in [0.1, 0.15) is 0 Å². The number of hydrogen-bond acceptors (Lipinski definition) is 0. The largest absolute Gasteiger partial charge is 0.121 e. The molecule has 0 spiro atoms. The Kier molecular flexibility index (Phi) is 14.1. The van der Waals surface area contributed by atoms with E-state index >= 15 is 0 Å². The third-order valence-electron chi connectivity index (χ3n) is 0. The van der Waals surface area contributed by atoms with Crippen LogP contribution in [0.3, 0.4) is 0 Å². The first-order valence-electron chi connectivity index (χ1n) is 4.36. The fourth-order valence-corrected chi connectivity index (χ4v) is 0. The van der Waals surface area contributed by atoms with Gasteiger partial charge in [0.2, 0.25) is 0 Å². The lowest BCUT2D eigenvalue weighted by Crippen LogP contribution is -1.62. The molecule has 0 radical (unpaired) electrons. The first kappa shape index (κ1) is 18.5. The molecule has 0 aliphatic heterocycles. The molecule has 0 heterocycles. The van der Waals surface area contributed by atoms with Gasteiger partial charge in [0.25, 0.3) is 0 Å². The van der Waals surface area contributed by atoms with E-state index in [1.807, 2.05) is 27.7 Å². The summed E-state index contributed by atoms with van der Waals surface area (Å²) in [6.45, 7) is 20.9. The van der Waals surface area contributed by atoms with Gasteiger partial charge in [0, 0.05) is 0 Å². The van der Waals surface area contributed by atoms with Gasteiger partial charge in [0.05, 0.1) is 0 Å². The molecular formula is C12H27P. The maximum absolute atomic E-state index is 3.88. The molecule has 0 aromatic rings. The molecule has 0 atom stereocenters. The fourth-order valence-electron chi connectivity index (χ4n) is 0. The highest BCUT2D eigenvalue weighted by Crippen LogP contribution is 2.27. The van der Waals surface area contributed by atoms with Crippen molar-refractivity contribution in [2.75, 3.05) is 20.0 Å². The van der Waals surface area contributed by atoms with Gasteiger partial charge in [-0.3, -0.25) is 0 Å². The molecule has 1 heteroatoms. The topological polar surface area (TPSA) is 0 Å². The van der Waals surface area contributed by atoms with E-state index in [1.54, 1.807) is 0 Å². The van der Waals surface area contributed by atoms with E-state index in [0.29, 0.717) is 0 Å². The normalized spacial score (nSPS) is 8.54. The number of allylic oxidation sites excluding steroid dienone is 2. The van der Waals surface area contributed by atoms with Crippen molar-refractivity contribution in [1.29, 1.82) is 0 Å². The van der Waals surface area contributed by atoms with E-state index < -0.39 is 6.89 Å². The Hall–Kier alpha value is -0.220. The highest BCUT2D eigenvalue weighted by Gasteiger charge is 1.79. The fraction of sp³-hybridized carbons (Fsp3) is 0.583. The molecule has 0 bridgehead atoms. The van der Waals surface area contributed by atoms with Crippen LogP contribution in [0.1, 0.15) is 27.7 Å². The Bertz CT molecular complexity index is 153. The second kappa shape index (κ2) is 9.86. The van der Waals surface area contributed by atoms with Crippen LogP contribution in [0.5, 0.6) is 0 Å². The van der Waals surface area contributed by atoms with Gasteiger partial charge in [-0.25, -0.2) is 0 Å². The standard InChI is InChI=1S/C4H11P.2C4H8/c1-5(2,3)4;2*1-4(2)3/h1H2,2-4H3;2*1H2,2-3H3.